The van der Waals surface area contributed by atoms with Crippen LogP contribution >= 0.6 is 0 Å². The molecule has 2 heterocycles. The first-order valence-corrected chi connectivity index (χ1v) is 9.63. The van der Waals surface area contributed by atoms with E-state index in [1.165, 1.54) is 0 Å². The van der Waals surface area contributed by atoms with E-state index < -0.39 is 11.0 Å². The van der Waals surface area contributed by atoms with Crippen LogP contribution in [0.25, 0.3) is 16.9 Å². The van der Waals surface area contributed by atoms with Crippen molar-refractivity contribution < 1.29 is 4.21 Å². The maximum Gasteiger partial charge on any atom is 0.153 e. The summed E-state index contributed by atoms with van der Waals surface area (Å²) in [7, 11) is -1.16. The Morgan fingerprint density at radius 2 is 1.96 bits per heavy atom. The maximum absolute atomic E-state index is 12.6. The van der Waals surface area contributed by atoms with Crippen LogP contribution in [0.3, 0.4) is 0 Å². The van der Waals surface area contributed by atoms with Crippen LogP contribution in [-0.4, -0.2) is 23.6 Å². The van der Waals surface area contributed by atoms with Gasteiger partial charge in [0.2, 0.25) is 0 Å². The zero-order valence-corrected chi connectivity index (χ0v) is 15.9. The lowest BCUT2D eigenvalue weighted by Crippen LogP contribution is -2.35. The van der Waals surface area contributed by atoms with Gasteiger partial charge < -0.3 is 0 Å². The summed E-state index contributed by atoms with van der Waals surface area (Å²) in [6, 6.07) is 12.1. The standard InChI is InChI=1S/C19H24N4OS/c1-5-16(22-25(24)19(2,3)4)15-13-17-20-11-12-23(17)21-18(15)14-9-7-6-8-10-14/h6-13,16,22H,5H2,1-4H3/t16-,25?/m1/s1. The first-order chi connectivity index (χ1) is 11.9. The molecule has 0 amide bonds. The third-order valence-electron chi connectivity index (χ3n) is 4.05. The number of aromatic nitrogens is 3. The fraction of sp³-hybridized carbons (Fsp3) is 0.368. The summed E-state index contributed by atoms with van der Waals surface area (Å²) >= 11 is 0. The van der Waals surface area contributed by atoms with E-state index in [1.807, 2.05) is 63.4 Å². The molecule has 0 aliphatic heterocycles. The molecule has 0 spiro atoms. The predicted molar refractivity (Wildman–Crippen MR) is 102 cm³/mol. The van der Waals surface area contributed by atoms with E-state index in [2.05, 4.69) is 16.6 Å². The molecular formula is C19H24N4OS. The van der Waals surface area contributed by atoms with Crippen LogP contribution in [0.5, 0.6) is 0 Å². The van der Waals surface area contributed by atoms with Gasteiger partial charge in [-0.05, 0) is 33.3 Å². The van der Waals surface area contributed by atoms with Crippen molar-refractivity contribution in [3.8, 4) is 11.3 Å². The SMILES string of the molecule is CC[C@@H](NS(=O)C(C)(C)C)c1cc2nccn2nc1-c1ccccc1. The van der Waals surface area contributed by atoms with Crippen molar-refractivity contribution in [1.29, 1.82) is 0 Å². The lowest BCUT2D eigenvalue weighted by Gasteiger charge is -2.25. The molecule has 0 aliphatic rings. The van der Waals surface area contributed by atoms with E-state index in [4.69, 9.17) is 5.10 Å². The van der Waals surface area contributed by atoms with Crippen LogP contribution in [0.2, 0.25) is 0 Å². The van der Waals surface area contributed by atoms with Crippen molar-refractivity contribution in [3.63, 3.8) is 0 Å². The highest BCUT2D eigenvalue weighted by Gasteiger charge is 2.25. The number of rotatable bonds is 5. The monoisotopic (exact) mass is 356 g/mol. The van der Waals surface area contributed by atoms with Gasteiger partial charge in [-0.25, -0.2) is 18.4 Å². The summed E-state index contributed by atoms with van der Waals surface area (Å²) < 4.78 is 17.4. The summed E-state index contributed by atoms with van der Waals surface area (Å²) in [5, 5.41) is 4.76. The molecule has 1 unspecified atom stereocenters. The van der Waals surface area contributed by atoms with Gasteiger partial charge in [0.15, 0.2) is 5.65 Å². The van der Waals surface area contributed by atoms with Crippen LogP contribution in [0.4, 0.5) is 0 Å². The summed E-state index contributed by atoms with van der Waals surface area (Å²) in [5.74, 6) is 0. The van der Waals surface area contributed by atoms with Crippen LogP contribution in [0, 0.1) is 0 Å². The molecule has 0 radical (unpaired) electrons. The average Bonchev–Trinajstić information content (AvgIpc) is 3.05. The average molecular weight is 356 g/mol. The Labute approximate surface area is 151 Å². The molecule has 5 nitrogen and oxygen atoms in total. The zero-order valence-electron chi connectivity index (χ0n) is 15.1. The molecule has 3 rings (SSSR count). The molecule has 0 bridgehead atoms. The van der Waals surface area contributed by atoms with Gasteiger partial charge in [-0.3, -0.25) is 0 Å². The number of hydrogen-bond acceptors (Lipinski definition) is 3. The highest BCUT2D eigenvalue weighted by atomic mass is 32.2. The van der Waals surface area contributed by atoms with Crippen molar-refractivity contribution in [2.45, 2.75) is 44.9 Å². The molecule has 6 heteroatoms. The zero-order chi connectivity index (χ0) is 18.0. The second-order valence-electron chi connectivity index (χ2n) is 7.00. The fourth-order valence-electron chi connectivity index (χ4n) is 2.63. The normalized spacial score (nSPS) is 14.6. The molecule has 3 aromatic rings. The van der Waals surface area contributed by atoms with Gasteiger partial charge >= 0.3 is 0 Å². The van der Waals surface area contributed by atoms with E-state index in [0.717, 1.165) is 28.9 Å². The number of nitrogens with one attached hydrogen (secondary N) is 1. The molecule has 132 valence electrons. The third-order valence-corrected chi connectivity index (χ3v) is 5.66. The second kappa shape index (κ2) is 7.06. The Kier molecular flexibility index (Phi) is 5.01. The largest absolute Gasteiger partial charge is 0.242 e. The number of nitrogens with zero attached hydrogens (tertiary/aromatic N) is 3. The summed E-state index contributed by atoms with van der Waals surface area (Å²) in [5.41, 5.74) is 3.73. The number of imidazole rings is 1. The van der Waals surface area contributed by atoms with Crippen LogP contribution in [-0.2, 0) is 11.0 Å². The van der Waals surface area contributed by atoms with Crippen molar-refractivity contribution in [2.75, 3.05) is 0 Å². The number of fused-ring (bicyclic) bond motifs is 1. The van der Waals surface area contributed by atoms with Gasteiger partial charge in [0.1, 0.15) is 0 Å². The van der Waals surface area contributed by atoms with Crippen molar-refractivity contribution in [2.24, 2.45) is 0 Å². The molecule has 2 aromatic heterocycles. The molecule has 0 fully saturated rings. The van der Waals surface area contributed by atoms with Gasteiger partial charge in [0.05, 0.1) is 21.4 Å². The van der Waals surface area contributed by atoms with E-state index in [1.54, 1.807) is 10.7 Å². The van der Waals surface area contributed by atoms with Crippen molar-refractivity contribution >= 4 is 16.6 Å². The molecule has 0 saturated carbocycles. The van der Waals surface area contributed by atoms with Gasteiger partial charge in [0, 0.05) is 29.6 Å². The second-order valence-corrected chi connectivity index (χ2v) is 9.00. The quantitative estimate of drug-likeness (QED) is 0.754. The highest BCUT2D eigenvalue weighted by Crippen LogP contribution is 2.30. The first-order valence-electron chi connectivity index (χ1n) is 8.48. The molecule has 1 aromatic carbocycles. The van der Waals surface area contributed by atoms with E-state index in [-0.39, 0.29) is 10.8 Å². The summed E-state index contributed by atoms with van der Waals surface area (Å²) in [6.07, 6.45) is 4.38. The minimum absolute atomic E-state index is 0.0653. The Balaban J connectivity index is 2.10. The molecule has 2 atom stereocenters. The Bertz CT molecular complexity index is 883. The van der Waals surface area contributed by atoms with E-state index >= 15 is 0 Å². The minimum atomic E-state index is -1.16. The van der Waals surface area contributed by atoms with E-state index in [0.29, 0.717) is 0 Å². The lowest BCUT2D eigenvalue weighted by atomic mass is 9.99. The Morgan fingerprint density at radius 3 is 2.60 bits per heavy atom. The van der Waals surface area contributed by atoms with Gasteiger partial charge in [-0.15, -0.1) is 0 Å². The smallest absolute Gasteiger partial charge is 0.153 e. The van der Waals surface area contributed by atoms with Gasteiger partial charge in [-0.1, -0.05) is 37.3 Å². The van der Waals surface area contributed by atoms with Crippen LogP contribution in [0.1, 0.15) is 45.7 Å². The Morgan fingerprint density at radius 1 is 1.24 bits per heavy atom. The predicted octanol–water partition coefficient (Wildman–Crippen LogP) is 3.90. The highest BCUT2D eigenvalue weighted by molar-refractivity contribution is 7.84. The molecule has 25 heavy (non-hydrogen) atoms. The van der Waals surface area contributed by atoms with Crippen LogP contribution < -0.4 is 4.72 Å². The minimum Gasteiger partial charge on any atom is -0.242 e. The molecule has 1 N–H and O–H groups in total. The maximum atomic E-state index is 12.6. The van der Waals surface area contributed by atoms with Gasteiger partial charge in [0.25, 0.3) is 0 Å². The summed E-state index contributed by atoms with van der Waals surface area (Å²) in [6.45, 7) is 7.99. The van der Waals surface area contributed by atoms with Gasteiger partial charge in [-0.2, -0.15) is 5.10 Å². The lowest BCUT2D eigenvalue weighted by molar-refractivity contribution is 0.587. The number of benzene rings is 1. The number of hydrogen-bond donors (Lipinski definition) is 1. The first kappa shape index (κ1) is 17.8. The fourth-order valence-corrected chi connectivity index (χ4v) is 3.53. The van der Waals surface area contributed by atoms with Crippen molar-refractivity contribution in [3.05, 3.63) is 54.4 Å². The summed E-state index contributed by atoms with van der Waals surface area (Å²) in [4.78, 5) is 4.36. The third kappa shape index (κ3) is 3.80. The molecule has 0 aliphatic carbocycles. The van der Waals surface area contributed by atoms with Crippen molar-refractivity contribution in [1.82, 2.24) is 19.3 Å². The molecular weight excluding hydrogens is 332 g/mol. The van der Waals surface area contributed by atoms with Crippen LogP contribution in [0.15, 0.2) is 48.8 Å². The topological polar surface area (TPSA) is 59.3 Å². The molecule has 0 saturated heterocycles. The van der Waals surface area contributed by atoms with E-state index in [9.17, 15) is 4.21 Å². The Hall–Kier alpha value is -2.05.